The lowest BCUT2D eigenvalue weighted by molar-refractivity contribution is 0.0938. The second-order valence-corrected chi connectivity index (χ2v) is 6.20. The molecule has 8 heteroatoms. The Morgan fingerprint density at radius 1 is 1.26 bits per heavy atom. The molecule has 6 nitrogen and oxygen atoms in total. The summed E-state index contributed by atoms with van der Waals surface area (Å²) in [7, 11) is 1.60. The van der Waals surface area contributed by atoms with E-state index < -0.39 is 5.91 Å². The second-order valence-electron chi connectivity index (χ2n) is 5.76. The van der Waals surface area contributed by atoms with Gasteiger partial charge in [0.15, 0.2) is 5.82 Å². The number of ether oxygens (including phenoxy) is 1. The highest BCUT2D eigenvalue weighted by atomic mass is 35.5. The fourth-order valence-electron chi connectivity index (χ4n) is 2.48. The quantitative estimate of drug-likeness (QED) is 0.629. The standard InChI is InChI=1S/C19H18ClFN4O2/c1-27-11-3-10-22-19(26)17-23-18(13-4-2-5-14(20)12-13)25(24-17)16-8-6-15(21)7-9-16/h2,4-9,12H,3,10-11H2,1H3,(H,22,26). The Morgan fingerprint density at radius 2 is 2.04 bits per heavy atom. The number of methoxy groups -OCH3 is 1. The van der Waals surface area contributed by atoms with Crippen LogP contribution < -0.4 is 5.32 Å². The molecule has 0 aliphatic carbocycles. The van der Waals surface area contributed by atoms with Crippen molar-refractivity contribution < 1.29 is 13.9 Å². The Hall–Kier alpha value is -2.77. The number of hydrogen-bond donors (Lipinski definition) is 1. The zero-order valence-corrected chi connectivity index (χ0v) is 15.4. The Balaban J connectivity index is 1.96. The molecule has 27 heavy (non-hydrogen) atoms. The molecular weight excluding hydrogens is 371 g/mol. The van der Waals surface area contributed by atoms with Crippen molar-refractivity contribution in [3.63, 3.8) is 0 Å². The van der Waals surface area contributed by atoms with Crippen LogP contribution in [0.25, 0.3) is 17.1 Å². The van der Waals surface area contributed by atoms with Gasteiger partial charge in [-0.2, -0.15) is 0 Å². The molecule has 1 aromatic heterocycles. The molecule has 0 saturated carbocycles. The molecule has 3 aromatic rings. The van der Waals surface area contributed by atoms with Crippen molar-refractivity contribution >= 4 is 17.5 Å². The van der Waals surface area contributed by atoms with Crippen molar-refractivity contribution in [3.05, 3.63) is 65.2 Å². The number of nitrogens with zero attached hydrogens (tertiary/aromatic N) is 3. The average Bonchev–Trinajstić information content (AvgIpc) is 3.11. The van der Waals surface area contributed by atoms with E-state index in [1.54, 1.807) is 37.4 Å². The van der Waals surface area contributed by atoms with E-state index in [1.807, 2.05) is 6.07 Å². The van der Waals surface area contributed by atoms with Gasteiger partial charge in [-0.15, -0.1) is 5.10 Å². The van der Waals surface area contributed by atoms with E-state index >= 15 is 0 Å². The number of halogens is 2. The Bertz CT molecular complexity index is 928. The van der Waals surface area contributed by atoms with Crippen LogP contribution in [0.1, 0.15) is 17.0 Å². The van der Waals surface area contributed by atoms with Crippen molar-refractivity contribution in [2.75, 3.05) is 20.3 Å². The van der Waals surface area contributed by atoms with Crippen LogP contribution in [-0.4, -0.2) is 40.9 Å². The Morgan fingerprint density at radius 3 is 2.74 bits per heavy atom. The first-order valence-corrected chi connectivity index (χ1v) is 8.72. The number of carbonyl (C=O) groups excluding carboxylic acids is 1. The molecule has 0 spiro atoms. The maximum atomic E-state index is 13.3. The zero-order valence-electron chi connectivity index (χ0n) is 14.7. The first-order valence-electron chi connectivity index (χ1n) is 8.34. The van der Waals surface area contributed by atoms with Gasteiger partial charge < -0.3 is 10.1 Å². The van der Waals surface area contributed by atoms with Crippen molar-refractivity contribution in [2.45, 2.75) is 6.42 Å². The van der Waals surface area contributed by atoms with Gasteiger partial charge in [0.2, 0.25) is 5.82 Å². The number of benzene rings is 2. The fraction of sp³-hybridized carbons (Fsp3) is 0.211. The van der Waals surface area contributed by atoms with Crippen LogP contribution in [0, 0.1) is 5.82 Å². The third-order valence-electron chi connectivity index (χ3n) is 3.78. The first-order chi connectivity index (χ1) is 13.1. The predicted octanol–water partition coefficient (Wildman–Crippen LogP) is 3.49. The van der Waals surface area contributed by atoms with Crippen LogP contribution in [0.2, 0.25) is 5.02 Å². The van der Waals surface area contributed by atoms with Gasteiger partial charge >= 0.3 is 0 Å². The molecule has 0 bridgehead atoms. The molecule has 1 heterocycles. The molecule has 0 atom stereocenters. The number of nitrogens with one attached hydrogen (secondary N) is 1. The highest BCUT2D eigenvalue weighted by molar-refractivity contribution is 6.30. The maximum absolute atomic E-state index is 13.3. The SMILES string of the molecule is COCCCNC(=O)c1nc(-c2cccc(Cl)c2)n(-c2ccc(F)cc2)n1. The third kappa shape index (κ3) is 4.69. The van der Waals surface area contributed by atoms with Gasteiger partial charge in [0, 0.05) is 30.8 Å². The first kappa shape index (κ1) is 19.0. The van der Waals surface area contributed by atoms with Gasteiger partial charge in [0.25, 0.3) is 5.91 Å². The van der Waals surface area contributed by atoms with Crippen molar-refractivity contribution in [3.8, 4) is 17.1 Å². The molecule has 2 aromatic carbocycles. The third-order valence-corrected chi connectivity index (χ3v) is 4.01. The van der Waals surface area contributed by atoms with Crippen molar-refractivity contribution in [1.29, 1.82) is 0 Å². The summed E-state index contributed by atoms with van der Waals surface area (Å²) in [5.74, 6) is -0.299. The molecule has 0 aliphatic rings. The predicted molar refractivity (Wildman–Crippen MR) is 101 cm³/mol. The summed E-state index contributed by atoms with van der Waals surface area (Å²) < 4.78 is 19.7. The minimum atomic E-state index is -0.393. The van der Waals surface area contributed by atoms with E-state index in [9.17, 15) is 9.18 Å². The molecule has 3 rings (SSSR count). The van der Waals surface area contributed by atoms with E-state index in [1.165, 1.54) is 16.8 Å². The van der Waals surface area contributed by atoms with E-state index in [4.69, 9.17) is 16.3 Å². The second kappa shape index (κ2) is 8.75. The highest BCUT2D eigenvalue weighted by Gasteiger charge is 2.18. The lowest BCUT2D eigenvalue weighted by Crippen LogP contribution is -2.26. The fourth-order valence-corrected chi connectivity index (χ4v) is 2.67. The summed E-state index contributed by atoms with van der Waals surface area (Å²) in [6.07, 6.45) is 0.683. The molecule has 0 fully saturated rings. The minimum absolute atomic E-state index is 0.0201. The van der Waals surface area contributed by atoms with Gasteiger partial charge in [0.05, 0.1) is 5.69 Å². The number of amides is 1. The summed E-state index contributed by atoms with van der Waals surface area (Å²) in [5.41, 5.74) is 1.27. The van der Waals surface area contributed by atoms with Crippen molar-refractivity contribution in [1.82, 2.24) is 20.1 Å². The number of rotatable bonds is 7. The topological polar surface area (TPSA) is 69.0 Å². The van der Waals surface area contributed by atoms with E-state index in [2.05, 4.69) is 15.4 Å². The largest absolute Gasteiger partial charge is 0.385 e. The highest BCUT2D eigenvalue weighted by Crippen LogP contribution is 2.24. The molecule has 140 valence electrons. The van der Waals surface area contributed by atoms with Gasteiger partial charge in [-0.1, -0.05) is 23.7 Å². The van der Waals surface area contributed by atoms with E-state index in [0.29, 0.717) is 41.7 Å². The lowest BCUT2D eigenvalue weighted by atomic mass is 10.2. The zero-order chi connectivity index (χ0) is 19.2. The normalized spacial score (nSPS) is 10.8. The summed E-state index contributed by atoms with van der Waals surface area (Å²) in [5, 5.41) is 7.60. The molecule has 0 aliphatic heterocycles. The van der Waals surface area contributed by atoms with Crippen LogP contribution in [0.3, 0.4) is 0 Å². The number of aromatic nitrogens is 3. The monoisotopic (exact) mass is 388 g/mol. The van der Waals surface area contributed by atoms with Gasteiger partial charge in [-0.25, -0.2) is 14.1 Å². The van der Waals surface area contributed by atoms with Gasteiger partial charge in [0.1, 0.15) is 5.82 Å². The molecule has 0 unspecified atom stereocenters. The Kier molecular flexibility index (Phi) is 6.16. The van der Waals surface area contributed by atoms with E-state index in [-0.39, 0.29) is 11.6 Å². The molecular formula is C19H18ClFN4O2. The molecule has 1 amide bonds. The van der Waals surface area contributed by atoms with Crippen LogP contribution in [0.5, 0.6) is 0 Å². The van der Waals surface area contributed by atoms with Crippen LogP contribution in [0.4, 0.5) is 4.39 Å². The molecule has 0 radical (unpaired) electrons. The summed E-state index contributed by atoms with van der Waals surface area (Å²) in [4.78, 5) is 16.8. The van der Waals surface area contributed by atoms with E-state index in [0.717, 1.165) is 0 Å². The average molecular weight is 389 g/mol. The van der Waals surface area contributed by atoms with Crippen molar-refractivity contribution in [2.24, 2.45) is 0 Å². The lowest BCUT2D eigenvalue weighted by Gasteiger charge is -2.06. The minimum Gasteiger partial charge on any atom is -0.385 e. The Labute approximate surface area is 160 Å². The van der Waals surface area contributed by atoms with Crippen LogP contribution in [0.15, 0.2) is 48.5 Å². The van der Waals surface area contributed by atoms with Crippen LogP contribution >= 0.6 is 11.6 Å². The molecule has 1 N–H and O–H groups in total. The summed E-state index contributed by atoms with van der Waals surface area (Å²) in [6.45, 7) is 0.996. The maximum Gasteiger partial charge on any atom is 0.290 e. The summed E-state index contributed by atoms with van der Waals surface area (Å²) in [6, 6.07) is 12.9. The van der Waals surface area contributed by atoms with Crippen LogP contribution in [-0.2, 0) is 4.74 Å². The smallest absolute Gasteiger partial charge is 0.290 e. The number of hydrogen-bond acceptors (Lipinski definition) is 4. The number of carbonyl (C=O) groups is 1. The van der Waals surface area contributed by atoms with Gasteiger partial charge in [-0.3, -0.25) is 4.79 Å². The molecule has 0 saturated heterocycles. The van der Waals surface area contributed by atoms with Gasteiger partial charge in [-0.05, 0) is 42.8 Å². The summed E-state index contributed by atoms with van der Waals surface area (Å²) >= 11 is 6.08.